The van der Waals surface area contributed by atoms with Crippen molar-refractivity contribution < 1.29 is 9.47 Å². The molecule has 3 rings (SSSR count). The van der Waals surface area contributed by atoms with Gasteiger partial charge in [-0.1, -0.05) is 24.3 Å². The van der Waals surface area contributed by atoms with Crippen molar-refractivity contribution in [2.75, 3.05) is 59.7 Å². The number of benzene rings is 1. The molecule has 0 aromatic heterocycles. The fourth-order valence-electron chi connectivity index (χ4n) is 3.68. The smallest absolute Gasteiger partial charge is 0.193 e. The summed E-state index contributed by atoms with van der Waals surface area (Å²) in [5, 5.41) is 3.42. The van der Waals surface area contributed by atoms with Gasteiger partial charge >= 0.3 is 0 Å². The van der Waals surface area contributed by atoms with Crippen LogP contribution in [0, 0.1) is 5.92 Å². The third kappa shape index (κ3) is 6.48. The molecule has 2 fully saturated rings. The molecule has 2 heterocycles. The first-order chi connectivity index (χ1) is 13.2. The Balaban J connectivity index is 1.58. The predicted molar refractivity (Wildman–Crippen MR) is 109 cm³/mol. The summed E-state index contributed by atoms with van der Waals surface area (Å²) in [4.78, 5) is 9.56. The second kappa shape index (κ2) is 10.6. The van der Waals surface area contributed by atoms with Gasteiger partial charge in [0.15, 0.2) is 5.96 Å². The number of ether oxygens (including phenoxy) is 2. The molecule has 1 aromatic carbocycles. The van der Waals surface area contributed by atoms with Crippen molar-refractivity contribution in [3.8, 4) is 0 Å². The van der Waals surface area contributed by atoms with E-state index < -0.39 is 0 Å². The van der Waals surface area contributed by atoms with E-state index in [9.17, 15) is 0 Å². The van der Waals surface area contributed by atoms with E-state index in [1.165, 1.54) is 11.1 Å². The van der Waals surface area contributed by atoms with Crippen molar-refractivity contribution >= 4 is 5.96 Å². The summed E-state index contributed by atoms with van der Waals surface area (Å²) < 4.78 is 10.9. The SMILES string of the molecule is CCNC(=NCc1cccc(CN2CCOCC2)c1)N(C)CC1CCOC1. The van der Waals surface area contributed by atoms with Crippen molar-refractivity contribution in [1.82, 2.24) is 15.1 Å². The van der Waals surface area contributed by atoms with Crippen LogP contribution in [-0.2, 0) is 22.6 Å². The molecular formula is C21H34N4O2. The summed E-state index contributed by atoms with van der Waals surface area (Å²) in [5.74, 6) is 1.58. The van der Waals surface area contributed by atoms with Crippen molar-refractivity contribution in [2.24, 2.45) is 10.9 Å². The molecule has 0 aliphatic carbocycles. The van der Waals surface area contributed by atoms with E-state index in [1.807, 2.05) is 0 Å². The number of aliphatic imine (C=N–C) groups is 1. The average molecular weight is 375 g/mol. The van der Waals surface area contributed by atoms with Gasteiger partial charge in [0.2, 0.25) is 0 Å². The van der Waals surface area contributed by atoms with E-state index >= 15 is 0 Å². The van der Waals surface area contributed by atoms with Gasteiger partial charge in [0.05, 0.1) is 26.4 Å². The van der Waals surface area contributed by atoms with Gasteiger partial charge in [-0.25, -0.2) is 4.99 Å². The lowest BCUT2D eigenvalue weighted by Crippen LogP contribution is -2.41. The molecular weight excluding hydrogens is 340 g/mol. The van der Waals surface area contributed by atoms with Crippen molar-refractivity contribution in [1.29, 1.82) is 0 Å². The monoisotopic (exact) mass is 374 g/mol. The summed E-state index contributed by atoms with van der Waals surface area (Å²) >= 11 is 0. The van der Waals surface area contributed by atoms with Crippen LogP contribution in [0.4, 0.5) is 0 Å². The number of morpholine rings is 1. The Labute approximate surface area is 163 Å². The molecule has 2 saturated heterocycles. The molecule has 27 heavy (non-hydrogen) atoms. The maximum atomic E-state index is 5.50. The van der Waals surface area contributed by atoms with E-state index in [-0.39, 0.29) is 0 Å². The summed E-state index contributed by atoms with van der Waals surface area (Å²) in [5.41, 5.74) is 2.61. The minimum atomic E-state index is 0.607. The largest absolute Gasteiger partial charge is 0.381 e. The zero-order valence-corrected chi connectivity index (χ0v) is 16.8. The second-order valence-corrected chi connectivity index (χ2v) is 7.49. The first-order valence-electron chi connectivity index (χ1n) is 10.2. The molecule has 6 heteroatoms. The zero-order valence-electron chi connectivity index (χ0n) is 16.8. The lowest BCUT2D eigenvalue weighted by molar-refractivity contribution is 0.0342. The van der Waals surface area contributed by atoms with Crippen LogP contribution in [0.25, 0.3) is 0 Å². The number of hydrogen-bond donors (Lipinski definition) is 1. The third-order valence-corrected chi connectivity index (χ3v) is 5.17. The van der Waals surface area contributed by atoms with Crippen LogP contribution in [-0.4, -0.2) is 75.4 Å². The minimum absolute atomic E-state index is 0.607. The van der Waals surface area contributed by atoms with Gasteiger partial charge in [0.1, 0.15) is 0 Å². The molecule has 1 atom stereocenters. The number of rotatable bonds is 7. The van der Waals surface area contributed by atoms with Crippen LogP contribution in [0.1, 0.15) is 24.5 Å². The maximum absolute atomic E-state index is 5.50. The molecule has 0 spiro atoms. The lowest BCUT2D eigenvalue weighted by Gasteiger charge is -2.26. The number of nitrogens with one attached hydrogen (secondary N) is 1. The van der Waals surface area contributed by atoms with Crippen molar-refractivity contribution in [3.05, 3.63) is 35.4 Å². The van der Waals surface area contributed by atoms with Gasteiger partial charge in [-0.05, 0) is 24.5 Å². The molecule has 6 nitrogen and oxygen atoms in total. The van der Waals surface area contributed by atoms with E-state index in [1.54, 1.807) is 0 Å². The fraction of sp³-hybridized carbons (Fsp3) is 0.667. The van der Waals surface area contributed by atoms with E-state index in [0.717, 1.165) is 71.5 Å². The van der Waals surface area contributed by atoms with Gasteiger partial charge in [0, 0.05) is 52.3 Å². The molecule has 1 N–H and O–H groups in total. The lowest BCUT2D eigenvalue weighted by atomic mass is 10.1. The van der Waals surface area contributed by atoms with Crippen LogP contribution in [0.2, 0.25) is 0 Å². The first-order valence-corrected chi connectivity index (χ1v) is 10.2. The zero-order chi connectivity index (χ0) is 18.9. The molecule has 0 amide bonds. The van der Waals surface area contributed by atoms with Gasteiger partial charge in [0.25, 0.3) is 0 Å². The Morgan fingerprint density at radius 1 is 1.22 bits per heavy atom. The van der Waals surface area contributed by atoms with Crippen LogP contribution in [0.3, 0.4) is 0 Å². The summed E-state index contributed by atoms with van der Waals surface area (Å²) in [7, 11) is 2.12. The molecule has 2 aliphatic heterocycles. The van der Waals surface area contributed by atoms with Gasteiger partial charge in [-0.2, -0.15) is 0 Å². The van der Waals surface area contributed by atoms with Crippen LogP contribution in [0.5, 0.6) is 0 Å². The van der Waals surface area contributed by atoms with Crippen LogP contribution >= 0.6 is 0 Å². The standard InChI is InChI=1S/C21H34N4O2/c1-3-22-21(24(2)15-20-7-10-27-17-20)23-14-18-5-4-6-19(13-18)16-25-8-11-26-12-9-25/h4-6,13,20H,3,7-12,14-17H2,1-2H3,(H,22,23). The topological polar surface area (TPSA) is 49.3 Å². The molecule has 150 valence electrons. The molecule has 2 aliphatic rings. The highest BCUT2D eigenvalue weighted by Crippen LogP contribution is 2.14. The number of hydrogen-bond acceptors (Lipinski definition) is 4. The molecule has 0 saturated carbocycles. The Morgan fingerprint density at radius 2 is 2.04 bits per heavy atom. The van der Waals surface area contributed by atoms with Crippen molar-refractivity contribution in [3.63, 3.8) is 0 Å². The highest BCUT2D eigenvalue weighted by molar-refractivity contribution is 5.79. The average Bonchev–Trinajstić information content (AvgIpc) is 3.19. The van der Waals surface area contributed by atoms with E-state index in [0.29, 0.717) is 12.5 Å². The van der Waals surface area contributed by atoms with Crippen LogP contribution in [0.15, 0.2) is 29.3 Å². The summed E-state index contributed by atoms with van der Waals surface area (Å²) in [6, 6.07) is 8.81. The van der Waals surface area contributed by atoms with Gasteiger partial charge in [-0.3, -0.25) is 4.90 Å². The molecule has 0 radical (unpaired) electrons. The third-order valence-electron chi connectivity index (χ3n) is 5.17. The minimum Gasteiger partial charge on any atom is -0.381 e. The first kappa shape index (κ1) is 20.1. The highest BCUT2D eigenvalue weighted by atomic mass is 16.5. The molecule has 1 aromatic rings. The highest BCUT2D eigenvalue weighted by Gasteiger charge is 2.19. The van der Waals surface area contributed by atoms with Crippen molar-refractivity contribution in [2.45, 2.75) is 26.4 Å². The summed E-state index contributed by atoms with van der Waals surface area (Å²) in [6.07, 6.45) is 1.15. The predicted octanol–water partition coefficient (Wildman–Crippen LogP) is 1.95. The van der Waals surface area contributed by atoms with E-state index in [4.69, 9.17) is 14.5 Å². The summed E-state index contributed by atoms with van der Waals surface area (Å²) in [6.45, 7) is 11.1. The Bertz CT molecular complexity index is 596. The molecule has 1 unspecified atom stereocenters. The number of guanidine groups is 1. The number of nitrogens with zero attached hydrogens (tertiary/aromatic N) is 3. The fourth-order valence-corrected chi connectivity index (χ4v) is 3.68. The Morgan fingerprint density at radius 3 is 2.78 bits per heavy atom. The van der Waals surface area contributed by atoms with Gasteiger partial charge in [-0.15, -0.1) is 0 Å². The quantitative estimate of drug-likeness (QED) is 0.584. The normalized spacial score (nSPS) is 21.4. The van der Waals surface area contributed by atoms with E-state index in [2.05, 4.69) is 53.4 Å². The Hall–Kier alpha value is -1.63. The van der Waals surface area contributed by atoms with Gasteiger partial charge < -0.3 is 19.7 Å². The second-order valence-electron chi connectivity index (χ2n) is 7.49. The van der Waals surface area contributed by atoms with Crippen LogP contribution < -0.4 is 5.32 Å². The Kier molecular flexibility index (Phi) is 7.93. The maximum Gasteiger partial charge on any atom is 0.193 e. The molecule has 0 bridgehead atoms.